The van der Waals surface area contributed by atoms with Crippen LogP contribution in [-0.4, -0.2) is 9.97 Å². The summed E-state index contributed by atoms with van der Waals surface area (Å²) in [5.41, 5.74) is 14.9. The SMILES string of the molecule is CC1(C)c2ccccc2-c2c(N(c3ccc(-c4ccccc4)cc3)c3ccc4sc5cccc(-c6nc(-c7ccccc7)c7ccccc7n6)c5c4c3)cccc21. The smallest absolute Gasteiger partial charge is 0.161 e. The molecule has 4 heteroatoms. The first-order chi connectivity index (χ1) is 28.0. The highest BCUT2D eigenvalue weighted by Gasteiger charge is 2.37. The number of para-hydroxylation sites is 1. The molecule has 0 aliphatic heterocycles. The minimum Gasteiger partial charge on any atom is -0.310 e. The number of fused-ring (bicyclic) bond motifs is 7. The number of hydrogen-bond donors (Lipinski definition) is 0. The molecule has 3 nitrogen and oxygen atoms in total. The van der Waals surface area contributed by atoms with Crippen molar-refractivity contribution in [1.29, 1.82) is 0 Å². The third-order valence-corrected chi connectivity index (χ3v) is 12.8. The summed E-state index contributed by atoms with van der Waals surface area (Å²) in [6, 6.07) is 67.7. The second kappa shape index (κ2) is 13.1. The monoisotopic (exact) mass is 747 g/mol. The van der Waals surface area contributed by atoms with Crippen molar-refractivity contribution in [2.75, 3.05) is 4.90 Å². The van der Waals surface area contributed by atoms with Crippen molar-refractivity contribution in [3.63, 3.8) is 0 Å². The van der Waals surface area contributed by atoms with Gasteiger partial charge in [-0.15, -0.1) is 11.3 Å². The Balaban J connectivity index is 1.14. The summed E-state index contributed by atoms with van der Waals surface area (Å²) >= 11 is 1.82. The molecule has 10 aromatic rings. The molecule has 0 radical (unpaired) electrons. The molecule has 0 saturated carbocycles. The third-order valence-electron chi connectivity index (χ3n) is 11.7. The third kappa shape index (κ3) is 5.40. The lowest BCUT2D eigenvalue weighted by Crippen LogP contribution is -2.16. The maximum absolute atomic E-state index is 5.32. The molecule has 0 bridgehead atoms. The Morgan fingerprint density at radius 3 is 1.95 bits per heavy atom. The normalized spacial score (nSPS) is 12.9. The molecular weight excluding hydrogens is 711 g/mol. The van der Waals surface area contributed by atoms with E-state index in [-0.39, 0.29) is 5.41 Å². The standard InChI is InChI=1S/C53H37N3S/c1-53(2)43-22-11-9-19-39(43)50-44(53)23-14-25-46(50)56(37-29-27-35(28-30-37)34-15-5-3-6-16-34)38-31-32-47-42(33-38)49-41(21-13-26-48(49)57-47)52-54-45-24-12-10-20-40(45)51(55-52)36-17-7-4-8-18-36/h3-33H,1-2H3. The Kier molecular flexibility index (Phi) is 7.70. The Morgan fingerprint density at radius 2 is 1.12 bits per heavy atom. The number of hydrogen-bond acceptors (Lipinski definition) is 4. The summed E-state index contributed by atoms with van der Waals surface area (Å²) in [6.07, 6.45) is 0. The molecular formula is C53H37N3S. The van der Waals surface area contributed by atoms with E-state index in [1.807, 2.05) is 17.4 Å². The molecule has 1 aliphatic carbocycles. The van der Waals surface area contributed by atoms with E-state index in [1.165, 1.54) is 59.2 Å². The summed E-state index contributed by atoms with van der Waals surface area (Å²) in [6.45, 7) is 4.70. The first-order valence-electron chi connectivity index (χ1n) is 19.5. The molecule has 2 heterocycles. The van der Waals surface area contributed by atoms with Crippen LogP contribution in [0.4, 0.5) is 17.1 Å². The van der Waals surface area contributed by atoms with Crippen LogP contribution < -0.4 is 4.90 Å². The molecule has 270 valence electrons. The van der Waals surface area contributed by atoms with Crippen molar-refractivity contribution in [2.45, 2.75) is 19.3 Å². The van der Waals surface area contributed by atoms with E-state index in [1.54, 1.807) is 0 Å². The second-order valence-electron chi connectivity index (χ2n) is 15.4. The maximum Gasteiger partial charge on any atom is 0.161 e. The van der Waals surface area contributed by atoms with Crippen LogP contribution in [0.1, 0.15) is 25.0 Å². The van der Waals surface area contributed by atoms with E-state index in [2.05, 4.69) is 201 Å². The first-order valence-corrected chi connectivity index (χ1v) is 20.3. The quantitative estimate of drug-likeness (QED) is 0.170. The van der Waals surface area contributed by atoms with Gasteiger partial charge in [-0.2, -0.15) is 0 Å². The van der Waals surface area contributed by atoms with Gasteiger partial charge in [-0.05, 0) is 76.3 Å². The molecule has 57 heavy (non-hydrogen) atoms. The zero-order valence-electron chi connectivity index (χ0n) is 31.6. The van der Waals surface area contributed by atoms with Gasteiger partial charge in [-0.3, -0.25) is 0 Å². The number of anilines is 3. The minimum atomic E-state index is -0.119. The van der Waals surface area contributed by atoms with Gasteiger partial charge in [-0.1, -0.05) is 153 Å². The molecule has 8 aromatic carbocycles. The van der Waals surface area contributed by atoms with E-state index >= 15 is 0 Å². The Hall–Kier alpha value is -6.88. The van der Waals surface area contributed by atoms with Crippen LogP contribution in [0, 0.1) is 0 Å². The van der Waals surface area contributed by atoms with Crippen LogP contribution in [0.3, 0.4) is 0 Å². The summed E-state index contributed by atoms with van der Waals surface area (Å²) < 4.78 is 2.45. The number of rotatable bonds is 6. The highest BCUT2D eigenvalue weighted by Crippen LogP contribution is 2.54. The zero-order valence-corrected chi connectivity index (χ0v) is 32.5. The van der Waals surface area contributed by atoms with Crippen molar-refractivity contribution < 1.29 is 0 Å². The van der Waals surface area contributed by atoms with Gasteiger partial charge in [0.1, 0.15) is 0 Å². The summed E-state index contributed by atoms with van der Waals surface area (Å²) in [5, 5.41) is 3.42. The van der Waals surface area contributed by atoms with Crippen LogP contribution in [-0.2, 0) is 5.41 Å². The largest absolute Gasteiger partial charge is 0.310 e. The van der Waals surface area contributed by atoms with Gasteiger partial charge in [0.25, 0.3) is 0 Å². The van der Waals surface area contributed by atoms with E-state index in [0.717, 1.165) is 44.9 Å². The highest BCUT2D eigenvalue weighted by molar-refractivity contribution is 7.26. The number of aromatic nitrogens is 2. The number of benzene rings is 8. The maximum atomic E-state index is 5.32. The molecule has 0 amide bonds. The fraction of sp³-hybridized carbons (Fsp3) is 0.0566. The molecule has 0 N–H and O–H groups in total. The van der Waals surface area contributed by atoms with Gasteiger partial charge >= 0.3 is 0 Å². The van der Waals surface area contributed by atoms with E-state index in [0.29, 0.717) is 0 Å². The van der Waals surface area contributed by atoms with Crippen molar-refractivity contribution in [3.8, 4) is 44.9 Å². The van der Waals surface area contributed by atoms with E-state index < -0.39 is 0 Å². The van der Waals surface area contributed by atoms with E-state index in [9.17, 15) is 0 Å². The molecule has 0 spiro atoms. The number of thiophene rings is 1. The van der Waals surface area contributed by atoms with Crippen LogP contribution in [0.15, 0.2) is 188 Å². The van der Waals surface area contributed by atoms with Gasteiger partial charge in [0.2, 0.25) is 0 Å². The molecule has 0 atom stereocenters. The Bertz CT molecular complexity index is 3150. The van der Waals surface area contributed by atoms with Crippen LogP contribution in [0.25, 0.3) is 76.0 Å². The fourth-order valence-electron chi connectivity index (χ4n) is 8.94. The molecule has 2 aromatic heterocycles. The minimum absolute atomic E-state index is 0.119. The molecule has 0 unspecified atom stereocenters. The summed E-state index contributed by atoms with van der Waals surface area (Å²) in [4.78, 5) is 13.0. The Labute approximate surface area is 336 Å². The van der Waals surface area contributed by atoms with Gasteiger partial charge in [-0.25, -0.2) is 9.97 Å². The Morgan fingerprint density at radius 1 is 0.474 bits per heavy atom. The fourth-order valence-corrected chi connectivity index (χ4v) is 10.0. The van der Waals surface area contributed by atoms with E-state index in [4.69, 9.17) is 9.97 Å². The van der Waals surface area contributed by atoms with Crippen molar-refractivity contribution in [1.82, 2.24) is 9.97 Å². The predicted molar refractivity (Wildman–Crippen MR) is 241 cm³/mol. The number of nitrogens with zero attached hydrogens (tertiary/aromatic N) is 3. The predicted octanol–water partition coefficient (Wildman–Crippen LogP) is 14.8. The first kappa shape index (κ1) is 33.5. The molecule has 0 saturated heterocycles. The molecule has 0 fully saturated rings. The lowest BCUT2D eigenvalue weighted by Gasteiger charge is -2.29. The zero-order chi connectivity index (χ0) is 38.1. The lowest BCUT2D eigenvalue weighted by atomic mass is 9.82. The average Bonchev–Trinajstić information content (AvgIpc) is 3.76. The van der Waals surface area contributed by atoms with Gasteiger partial charge in [0.15, 0.2) is 5.82 Å². The lowest BCUT2D eigenvalue weighted by molar-refractivity contribution is 0.660. The topological polar surface area (TPSA) is 29.0 Å². The summed E-state index contributed by atoms with van der Waals surface area (Å²) in [5.74, 6) is 0.733. The van der Waals surface area contributed by atoms with Crippen LogP contribution >= 0.6 is 11.3 Å². The van der Waals surface area contributed by atoms with Crippen molar-refractivity contribution in [3.05, 3.63) is 199 Å². The van der Waals surface area contributed by atoms with Gasteiger partial charge in [0.05, 0.1) is 16.9 Å². The highest BCUT2D eigenvalue weighted by atomic mass is 32.1. The molecule has 1 aliphatic rings. The van der Waals surface area contributed by atoms with Gasteiger partial charge < -0.3 is 4.90 Å². The van der Waals surface area contributed by atoms with Crippen LogP contribution in [0.2, 0.25) is 0 Å². The summed E-state index contributed by atoms with van der Waals surface area (Å²) in [7, 11) is 0. The second-order valence-corrected chi connectivity index (χ2v) is 16.4. The average molecular weight is 748 g/mol. The van der Waals surface area contributed by atoms with Gasteiger partial charge in [0, 0.05) is 59.0 Å². The van der Waals surface area contributed by atoms with Crippen molar-refractivity contribution in [2.24, 2.45) is 0 Å². The van der Waals surface area contributed by atoms with Crippen LogP contribution in [0.5, 0.6) is 0 Å². The van der Waals surface area contributed by atoms with Crippen molar-refractivity contribution >= 4 is 59.5 Å². The molecule has 11 rings (SSSR count).